The highest BCUT2D eigenvalue weighted by Crippen LogP contribution is 2.11. The van der Waals surface area contributed by atoms with Crippen LogP contribution < -0.4 is 20.9 Å². The molecule has 1 aromatic carbocycles. The van der Waals surface area contributed by atoms with Crippen molar-refractivity contribution in [1.29, 1.82) is 0 Å². The molecule has 1 aromatic rings. The van der Waals surface area contributed by atoms with Crippen LogP contribution in [0.25, 0.3) is 0 Å². The molecular weight excluding hydrogens is 348 g/mol. The molecule has 4 N–H and O–H groups in total. The van der Waals surface area contributed by atoms with Crippen molar-refractivity contribution in [1.82, 2.24) is 10.6 Å². The van der Waals surface area contributed by atoms with Crippen molar-refractivity contribution in [2.24, 2.45) is 0 Å². The van der Waals surface area contributed by atoms with Crippen molar-refractivity contribution in [3.8, 4) is 0 Å². The molecule has 0 fully saturated rings. The molecule has 1 atom stereocenters. The summed E-state index contributed by atoms with van der Waals surface area (Å²) in [5, 5.41) is 5.64. The van der Waals surface area contributed by atoms with Gasteiger partial charge in [0.05, 0.1) is 7.05 Å². The van der Waals surface area contributed by atoms with Crippen LogP contribution in [-0.2, 0) is 9.59 Å². The molecule has 0 aromatic heterocycles. The van der Waals surface area contributed by atoms with Crippen LogP contribution in [0, 0.1) is 5.82 Å². The second-order valence-electron chi connectivity index (χ2n) is 5.22. The monoisotopic (exact) mass is 365 g/mol. The van der Waals surface area contributed by atoms with Gasteiger partial charge in [0, 0.05) is 5.69 Å². The number of urea groups is 1. The Morgan fingerprint density at radius 2 is 1.76 bits per heavy atom. The Morgan fingerprint density at radius 3 is 2.36 bits per heavy atom. The van der Waals surface area contributed by atoms with E-state index < -0.39 is 36.4 Å². The van der Waals surface area contributed by atoms with Crippen LogP contribution in [0.5, 0.6) is 0 Å². The average Bonchev–Trinajstić information content (AvgIpc) is 2.43. The summed E-state index contributed by atoms with van der Waals surface area (Å²) in [4.78, 5) is 34.8. The van der Waals surface area contributed by atoms with Crippen molar-refractivity contribution < 1.29 is 36.8 Å². The second-order valence-corrected chi connectivity index (χ2v) is 5.22. The highest BCUT2D eigenvalue weighted by Gasteiger charge is 2.28. The number of halogens is 4. The van der Waals surface area contributed by atoms with Crippen molar-refractivity contribution in [2.45, 2.75) is 6.18 Å². The number of benzene rings is 1. The zero-order chi connectivity index (χ0) is 19.0. The molecule has 0 spiro atoms. The van der Waals surface area contributed by atoms with Gasteiger partial charge in [-0.05, 0) is 18.2 Å². The Kier molecular flexibility index (Phi) is 7.30. The minimum atomic E-state index is -4.59. The first kappa shape index (κ1) is 20.4. The number of imide groups is 1. The van der Waals surface area contributed by atoms with Gasteiger partial charge in [-0.2, -0.15) is 13.2 Å². The molecule has 0 heterocycles. The maximum Gasteiger partial charge on any atom is 0.405 e. The zero-order valence-electron chi connectivity index (χ0n) is 13.2. The number of anilines is 1. The van der Waals surface area contributed by atoms with E-state index in [4.69, 9.17) is 0 Å². The molecule has 11 heteroatoms. The molecule has 7 nitrogen and oxygen atoms in total. The number of quaternary nitrogens is 1. The third-order valence-electron chi connectivity index (χ3n) is 2.74. The lowest BCUT2D eigenvalue weighted by atomic mass is 10.3. The van der Waals surface area contributed by atoms with E-state index in [1.165, 1.54) is 30.6 Å². The van der Waals surface area contributed by atoms with E-state index in [1.54, 1.807) is 5.32 Å². The van der Waals surface area contributed by atoms with E-state index in [2.05, 4.69) is 5.32 Å². The Labute approximate surface area is 140 Å². The lowest BCUT2D eigenvalue weighted by molar-refractivity contribution is -0.862. The maximum absolute atomic E-state index is 13.0. The molecule has 138 valence electrons. The largest absolute Gasteiger partial charge is 0.405 e. The fourth-order valence-corrected chi connectivity index (χ4v) is 1.78. The Bertz CT molecular complexity index is 637. The van der Waals surface area contributed by atoms with Crippen molar-refractivity contribution in [2.75, 3.05) is 32.0 Å². The number of hydrogen-bond acceptors (Lipinski definition) is 3. The van der Waals surface area contributed by atoms with Gasteiger partial charge < -0.3 is 15.5 Å². The zero-order valence-corrected chi connectivity index (χ0v) is 13.2. The number of carbonyl (C=O) groups is 3. The van der Waals surface area contributed by atoms with E-state index in [-0.39, 0.29) is 18.8 Å². The van der Waals surface area contributed by atoms with Gasteiger partial charge in [-0.1, -0.05) is 6.07 Å². The lowest BCUT2D eigenvalue weighted by Gasteiger charge is -2.14. The number of carbonyl (C=O) groups excluding carboxylic acids is 3. The predicted molar refractivity (Wildman–Crippen MR) is 79.2 cm³/mol. The number of alkyl halides is 3. The summed E-state index contributed by atoms with van der Waals surface area (Å²) >= 11 is 0. The van der Waals surface area contributed by atoms with E-state index in [0.717, 1.165) is 6.07 Å². The van der Waals surface area contributed by atoms with E-state index >= 15 is 0 Å². The first-order chi connectivity index (χ1) is 11.5. The van der Waals surface area contributed by atoms with Gasteiger partial charge in [-0.25, -0.2) is 9.18 Å². The number of nitrogens with one attached hydrogen (secondary N) is 4. The summed E-state index contributed by atoms with van der Waals surface area (Å²) in [6, 6.07) is 3.94. The summed E-state index contributed by atoms with van der Waals surface area (Å²) in [6.45, 7) is -2.06. The van der Waals surface area contributed by atoms with Crippen LogP contribution in [0.3, 0.4) is 0 Å². The topological polar surface area (TPSA) is 91.7 Å². The van der Waals surface area contributed by atoms with Gasteiger partial charge in [-0.3, -0.25) is 14.9 Å². The standard InChI is InChI=1S/C14H16F4N4O3/c1-22(6-11(23)20-10-4-2-3-9(15)5-10)7-12(24)21-13(25)19-8-14(16,17)18/h2-5H,6-8H2,1H3,(H,20,23)(H2,19,21,24,25)/p+1. The minimum Gasteiger partial charge on any atom is -0.329 e. The van der Waals surface area contributed by atoms with Crippen LogP contribution in [0.2, 0.25) is 0 Å². The maximum atomic E-state index is 13.0. The van der Waals surface area contributed by atoms with Crippen LogP contribution >= 0.6 is 0 Å². The molecule has 0 aliphatic rings. The fraction of sp³-hybridized carbons (Fsp3) is 0.357. The fourth-order valence-electron chi connectivity index (χ4n) is 1.78. The van der Waals surface area contributed by atoms with Crippen LogP contribution in [-0.4, -0.2) is 50.7 Å². The Hall–Kier alpha value is -2.69. The molecule has 0 aliphatic carbocycles. The predicted octanol–water partition coefficient (Wildman–Crippen LogP) is -0.333. The van der Waals surface area contributed by atoms with Crippen molar-refractivity contribution in [3.05, 3.63) is 30.1 Å². The first-order valence-electron chi connectivity index (χ1n) is 7.06. The van der Waals surface area contributed by atoms with E-state index in [1.807, 2.05) is 0 Å². The first-order valence-corrected chi connectivity index (χ1v) is 7.06. The molecule has 0 saturated carbocycles. The highest BCUT2D eigenvalue weighted by atomic mass is 19.4. The van der Waals surface area contributed by atoms with Gasteiger partial charge in [0.1, 0.15) is 12.4 Å². The van der Waals surface area contributed by atoms with Crippen LogP contribution in [0.1, 0.15) is 0 Å². The summed E-state index contributed by atoms with van der Waals surface area (Å²) in [6.07, 6.45) is -4.59. The molecule has 0 bridgehead atoms. The van der Waals surface area contributed by atoms with Gasteiger partial charge in [0.2, 0.25) is 0 Å². The molecule has 25 heavy (non-hydrogen) atoms. The van der Waals surface area contributed by atoms with Crippen LogP contribution in [0.4, 0.5) is 28.0 Å². The van der Waals surface area contributed by atoms with Crippen molar-refractivity contribution in [3.63, 3.8) is 0 Å². The Balaban J connectivity index is 2.35. The molecule has 4 amide bonds. The summed E-state index contributed by atoms with van der Waals surface area (Å²) in [5.74, 6) is -1.88. The van der Waals surface area contributed by atoms with Gasteiger partial charge >= 0.3 is 12.2 Å². The van der Waals surface area contributed by atoms with E-state index in [0.29, 0.717) is 4.90 Å². The smallest absolute Gasteiger partial charge is 0.329 e. The number of likely N-dealkylation sites (N-methyl/N-ethyl adjacent to an activating group) is 1. The highest BCUT2D eigenvalue weighted by molar-refractivity contribution is 5.95. The average molecular weight is 365 g/mol. The van der Waals surface area contributed by atoms with Crippen LogP contribution in [0.15, 0.2) is 24.3 Å². The minimum absolute atomic E-state index is 0.173. The normalized spacial score (nSPS) is 12.2. The molecular formula is C14H17F4N4O3+. The van der Waals surface area contributed by atoms with E-state index in [9.17, 15) is 31.9 Å². The Morgan fingerprint density at radius 1 is 1.12 bits per heavy atom. The molecule has 1 unspecified atom stereocenters. The third kappa shape index (κ3) is 9.25. The quantitative estimate of drug-likeness (QED) is 0.520. The summed E-state index contributed by atoms with van der Waals surface area (Å²) in [5.41, 5.74) is 0.244. The lowest BCUT2D eigenvalue weighted by Crippen LogP contribution is -3.11. The summed E-state index contributed by atoms with van der Waals surface area (Å²) in [7, 11) is 1.47. The third-order valence-corrected chi connectivity index (χ3v) is 2.74. The second kappa shape index (κ2) is 8.97. The molecule has 1 rings (SSSR count). The molecule has 0 aliphatic heterocycles. The van der Waals surface area contributed by atoms with Gasteiger partial charge in [-0.15, -0.1) is 0 Å². The van der Waals surface area contributed by atoms with Gasteiger partial charge in [0.25, 0.3) is 11.8 Å². The number of amides is 4. The summed E-state index contributed by atoms with van der Waals surface area (Å²) < 4.78 is 48.7. The number of rotatable bonds is 6. The van der Waals surface area contributed by atoms with Crippen molar-refractivity contribution >= 4 is 23.5 Å². The number of hydrogen-bond donors (Lipinski definition) is 4. The van der Waals surface area contributed by atoms with Gasteiger partial charge in [0.15, 0.2) is 13.1 Å². The molecule has 0 saturated heterocycles. The molecule has 0 radical (unpaired) electrons. The SMILES string of the molecule is C[NH+](CC(=O)NC(=O)NCC(F)(F)F)CC(=O)Nc1cccc(F)c1.